The van der Waals surface area contributed by atoms with Crippen LogP contribution in [0.3, 0.4) is 0 Å². The molecule has 0 saturated heterocycles. The van der Waals surface area contributed by atoms with Gasteiger partial charge in [-0.2, -0.15) is 11.8 Å². The summed E-state index contributed by atoms with van der Waals surface area (Å²) in [5.74, 6) is 1.17. The van der Waals surface area contributed by atoms with Crippen molar-refractivity contribution in [2.24, 2.45) is 0 Å². The van der Waals surface area contributed by atoms with Crippen LogP contribution in [0, 0.1) is 0 Å². The Bertz CT molecular complexity index is 551. The third-order valence-electron chi connectivity index (χ3n) is 3.08. The van der Waals surface area contributed by atoms with Crippen molar-refractivity contribution < 1.29 is 4.79 Å². The molecule has 0 bridgehead atoms. The van der Waals surface area contributed by atoms with Crippen LogP contribution in [0.5, 0.6) is 0 Å². The van der Waals surface area contributed by atoms with Gasteiger partial charge in [0.15, 0.2) is 5.78 Å². The highest BCUT2D eigenvalue weighted by Crippen LogP contribution is 2.33. The maximum atomic E-state index is 12.3. The molecule has 0 spiro atoms. The topological polar surface area (TPSA) is 17.1 Å². The van der Waals surface area contributed by atoms with E-state index >= 15 is 0 Å². The van der Waals surface area contributed by atoms with Crippen LogP contribution < -0.4 is 0 Å². The van der Waals surface area contributed by atoms with Crippen LogP contribution in [0.1, 0.15) is 34.5 Å². The molecule has 0 fully saturated rings. The van der Waals surface area contributed by atoms with E-state index in [-0.39, 0.29) is 11.0 Å². The largest absolute Gasteiger partial charge is 0.294 e. The molecule has 0 heterocycles. The average molecular weight is 305 g/mol. The van der Waals surface area contributed by atoms with Gasteiger partial charge in [-0.1, -0.05) is 61.0 Å². The highest BCUT2D eigenvalue weighted by atomic mass is 35.5. The Labute approximate surface area is 129 Å². The third kappa shape index (κ3) is 4.12. The number of benzene rings is 2. The van der Waals surface area contributed by atoms with Crippen molar-refractivity contribution in [1.29, 1.82) is 0 Å². The van der Waals surface area contributed by atoms with Crippen molar-refractivity contribution in [1.82, 2.24) is 0 Å². The Hall–Kier alpha value is -1.25. The van der Waals surface area contributed by atoms with Gasteiger partial charge in [0.05, 0.1) is 0 Å². The number of rotatable bonds is 6. The van der Waals surface area contributed by atoms with Crippen molar-refractivity contribution in [2.45, 2.75) is 18.6 Å². The van der Waals surface area contributed by atoms with Crippen LogP contribution >= 0.6 is 23.4 Å². The molecule has 20 heavy (non-hydrogen) atoms. The summed E-state index contributed by atoms with van der Waals surface area (Å²) >= 11 is 7.72. The molecule has 1 unspecified atom stereocenters. The second-order valence-corrected chi connectivity index (χ2v) is 6.41. The molecule has 0 aliphatic heterocycles. The monoisotopic (exact) mass is 304 g/mol. The Kier molecular flexibility index (Phi) is 5.69. The third-order valence-corrected chi connectivity index (χ3v) is 4.50. The molecule has 0 N–H and O–H groups in total. The van der Waals surface area contributed by atoms with E-state index in [1.165, 1.54) is 0 Å². The number of Topliss-reactive ketones (excluding diaryl/α,β-unsaturated/α-hetero) is 1. The molecule has 104 valence electrons. The van der Waals surface area contributed by atoms with Crippen LogP contribution in [-0.2, 0) is 0 Å². The minimum atomic E-state index is 0.185. The van der Waals surface area contributed by atoms with Crippen molar-refractivity contribution in [3.8, 4) is 0 Å². The second kappa shape index (κ2) is 7.51. The second-order valence-electron chi connectivity index (χ2n) is 4.49. The van der Waals surface area contributed by atoms with Crippen molar-refractivity contribution in [3.05, 3.63) is 70.7 Å². The molecule has 2 aromatic rings. The highest BCUT2D eigenvalue weighted by Gasteiger charge is 2.17. The van der Waals surface area contributed by atoms with Crippen molar-refractivity contribution in [3.63, 3.8) is 0 Å². The molecule has 0 amide bonds. The molecule has 0 aliphatic rings. The van der Waals surface area contributed by atoms with Crippen LogP contribution in [0.4, 0.5) is 0 Å². The smallest absolute Gasteiger partial charge is 0.164 e. The van der Waals surface area contributed by atoms with Gasteiger partial charge in [0.2, 0.25) is 0 Å². The number of carbonyl (C=O) groups excluding carboxylic acids is 1. The fourth-order valence-electron chi connectivity index (χ4n) is 2.06. The predicted molar refractivity (Wildman–Crippen MR) is 87.7 cm³/mol. The van der Waals surface area contributed by atoms with Crippen LogP contribution in [-0.4, -0.2) is 11.5 Å². The van der Waals surface area contributed by atoms with Gasteiger partial charge in [-0.05, 0) is 23.4 Å². The Morgan fingerprint density at radius 2 is 1.75 bits per heavy atom. The van der Waals surface area contributed by atoms with Crippen LogP contribution in [0.15, 0.2) is 54.6 Å². The molecule has 2 rings (SSSR count). The minimum Gasteiger partial charge on any atom is -0.294 e. The number of thioether (sulfide) groups is 1. The maximum Gasteiger partial charge on any atom is 0.164 e. The van der Waals surface area contributed by atoms with Crippen LogP contribution in [0.2, 0.25) is 5.02 Å². The molecule has 0 radical (unpaired) electrons. The zero-order valence-corrected chi connectivity index (χ0v) is 13.0. The van der Waals surface area contributed by atoms with Gasteiger partial charge >= 0.3 is 0 Å². The summed E-state index contributed by atoms with van der Waals surface area (Å²) in [6.07, 6.45) is 0.518. The first-order chi connectivity index (χ1) is 9.70. The van der Waals surface area contributed by atoms with Gasteiger partial charge in [-0.25, -0.2) is 0 Å². The minimum absolute atomic E-state index is 0.185. The lowest BCUT2D eigenvalue weighted by Gasteiger charge is -2.15. The van der Waals surface area contributed by atoms with E-state index in [4.69, 9.17) is 11.6 Å². The normalized spacial score (nSPS) is 12.1. The van der Waals surface area contributed by atoms with E-state index in [0.29, 0.717) is 6.42 Å². The Morgan fingerprint density at radius 1 is 1.10 bits per heavy atom. The fraction of sp³-hybridized carbons (Fsp3) is 0.235. The lowest BCUT2D eigenvalue weighted by atomic mass is 10.0. The van der Waals surface area contributed by atoms with E-state index < -0.39 is 0 Å². The van der Waals surface area contributed by atoms with Crippen LogP contribution in [0.25, 0.3) is 0 Å². The number of ketones is 1. The Morgan fingerprint density at radius 3 is 2.35 bits per heavy atom. The first kappa shape index (κ1) is 15.1. The van der Waals surface area contributed by atoms with E-state index in [9.17, 15) is 4.79 Å². The zero-order chi connectivity index (χ0) is 14.4. The lowest BCUT2D eigenvalue weighted by molar-refractivity contribution is 0.0982. The number of hydrogen-bond donors (Lipinski definition) is 0. The number of hydrogen-bond acceptors (Lipinski definition) is 2. The summed E-state index contributed by atoms with van der Waals surface area (Å²) < 4.78 is 0. The summed E-state index contributed by atoms with van der Waals surface area (Å²) in [4.78, 5) is 12.3. The quantitative estimate of drug-likeness (QED) is 0.664. The molecule has 1 atom stereocenters. The molecule has 0 saturated carbocycles. The van der Waals surface area contributed by atoms with E-state index in [1.54, 1.807) is 11.8 Å². The maximum absolute atomic E-state index is 12.3. The van der Waals surface area contributed by atoms with E-state index in [1.807, 2.05) is 54.6 Å². The van der Waals surface area contributed by atoms with Gasteiger partial charge < -0.3 is 0 Å². The van der Waals surface area contributed by atoms with Crippen molar-refractivity contribution in [2.75, 3.05) is 5.75 Å². The first-order valence-corrected chi connectivity index (χ1v) is 8.08. The average Bonchev–Trinajstić information content (AvgIpc) is 2.48. The molecular weight excluding hydrogens is 288 g/mol. The number of carbonyl (C=O) groups is 1. The first-order valence-electron chi connectivity index (χ1n) is 6.66. The highest BCUT2D eigenvalue weighted by molar-refractivity contribution is 7.99. The summed E-state index contributed by atoms with van der Waals surface area (Å²) in [7, 11) is 0. The van der Waals surface area contributed by atoms with Gasteiger partial charge in [-0.3, -0.25) is 4.79 Å². The van der Waals surface area contributed by atoms with E-state index in [2.05, 4.69) is 6.92 Å². The summed E-state index contributed by atoms with van der Waals surface area (Å²) in [6.45, 7) is 2.11. The van der Waals surface area contributed by atoms with E-state index in [0.717, 1.165) is 21.9 Å². The fourth-order valence-corrected chi connectivity index (χ4v) is 3.21. The SMILES string of the molecule is CCSC(CC(=O)c1ccccc1)c1ccc(Cl)cc1. The molecule has 2 aromatic carbocycles. The van der Waals surface area contributed by atoms with Gasteiger partial charge in [0, 0.05) is 22.3 Å². The zero-order valence-electron chi connectivity index (χ0n) is 11.4. The molecule has 1 nitrogen and oxygen atoms in total. The summed E-state index contributed by atoms with van der Waals surface area (Å²) in [5, 5.41) is 0.911. The van der Waals surface area contributed by atoms with Gasteiger partial charge in [0.1, 0.15) is 0 Å². The predicted octanol–water partition coefficient (Wildman–Crippen LogP) is 5.41. The molecule has 0 aromatic heterocycles. The number of halogens is 1. The van der Waals surface area contributed by atoms with Gasteiger partial charge in [0.25, 0.3) is 0 Å². The lowest BCUT2D eigenvalue weighted by Crippen LogP contribution is -2.05. The molecular formula is C17H17ClOS. The molecule has 0 aliphatic carbocycles. The summed E-state index contributed by atoms with van der Waals surface area (Å²) in [5.41, 5.74) is 1.94. The standard InChI is InChI=1S/C17H17ClOS/c1-2-20-17(14-8-10-15(18)11-9-14)12-16(19)13-6-4-3-5-7-13/h3-11,17H,2,12H2,1H3. The van der Waals surface area contributed by atoms with Crippen molar-refractivity contribution >= 4 is 29.1 Å². The summed E-state index contributed by atoms with van der Waals surface area (Å²) in [6, 6.07) is 17.3. The van der Waals surface area contributed by atoms with Gasteiger partial charge in [-0.15, -0.1) is 0 Å². The Balaban J connectivity index is 2.13. The molecule has 3 heteroatoms.